The van der Waals surface area contributed by atoms with Gasteiger partial charge in [-0.3, -0.25) is 0 Å². The molecule has 0 saturated carbocycles. The maximum atomic E-state index is 2.43. The normalized spacial score (nSPS) is 13.5. The summed E-state index contributed by atoms with van der Waals surface area (Å²) < 4.78 is 1.42. The minimum absolute atomic E-state index is 0.135. The van der Waals surface area contributed by atoms with Crippen LogP contribution < -0.4 is 0 Å². The summed E-state index contributed by atoms with van der Waals surface area (Å²) in [6.45, 7) is 16.0. The zero-order chi connectivity index (χ0) is 29.4. The molecular formula is C40H41Zr-. The summed E-state index contributed by atoms with van der Waals surface area (Å²) in [6, 6.07) is 35.4. The van der Waals surface area contributed by atoms with Gasteiger partial charge in [0.2, 0.25) is 0 Å². The molecule has 0 unspecified atom stereocenters. The molecule has 0 fully saturated rings. The van der Waals surface area contributed by atoms with Gasteiger partial charge in [0, 0.05) is 0 Å². The number of hydrogen-bond donors (Lipinski definition) is 0. The van der Waals surface area contributed by atoms with Crippen molar-refractivity contribution in [1.82, 2.24) is 0 Å². The van der Waals surface area contributed by atoms with Crippen LogP contribution in [0.15, 0.2) is 115 Å². The summed E-state index contributed by atoms with van der Waals surface area (Å²) >= 11 is 1.46. The van der Waals surface area contributed by atoms with E-state index in [0.29, 0.717) is 0 Å². The molecule has 0 spiro atoms. The number of hydrogen-bond acceptors (Lipinski definition) is 0. The Morgan fingerprint density at radius 3 is 1.76 bits per heavy atom. The van der Waals surface area contributed by atoms with Crippen molar-refractivity contribution >= 4 is 30.3 Å². The molecule has 0 amide bonds. The molecule has 6 rings (SSSR count). The molecule has 0 bridgehead atoms. The first-order valence-electron chi connectivity index (χ1n) is 14.7. The minimum atomic E-state index is 0.135. The van der Waals surface area contributed by atoms with E-state index in [1.807, 2.05) is 0 Å². The van der Waals surface area contributed by atoms with Crippen molar-refractivity contribution in [1.29, 1.82) is 0 Å². The summed E-state index contributed by atoms with van der Waals surface area (Å²) in [5.74, 6) is 0. The van der Waals surface area contributed by atoms with Crippen LogP contribution in [0.2, 0.25) is 0 Å². The van der Waals surface area contributed by atoms with Crippen LogP contribution in [0.5, 0.6) is 0 Å². The molecule has 0 nitrogen and oxygen atoms in total. The summed E-state index contributed by atoms with van der Waals surface area (Å²) in [4.78, 5) is 0. The quantitative estimate of drug-likeness (QED) is 0.178. The van der Waals surface area contributed by atoms with Crippen LogP contribution in [-0.2, 0) is 35.1 Å². The molecule has 0 radical (unpaired) electrons. The maximum absolute atomic E-state index is 2.43. The van der Waals surface area contributed by atoms with E-state index in [1.165, 1.54) is 87.9 Å². The van der Waals surface area contributed by atoms with Crippen molar-refractivity contribution in [2.24, 2.45) is 0 Å². The van der Waals surface area contributed by atoms with Gasteiger partial charge in [0.15, 0.2) is 0 Å². The van der Waals surface area contributed by atoms with Gasteiger partial charge >= 0.3 is 99.2 Å². The van der Waals surface area contributed by atoms with Crippen LogP contribution in [0.25, 0.3) is 27.1 Å². The van der Waals surface area contributed by atoms with Gasteiger partial charge in [-0.05, 0) is 24.2 Å². The first kappa shape index (κ1) is 29.5. The van der Waals surface area contributed by atoms with Crippen LogP contribution in [-0.4, -0.2) is 3.21 Å². The first-order valence-corrected chi connectivity index (χ1v) is 15.9. The molecule has 0 N–H and O–H groups in total. The Labute approximate surface area is 261 Å². The van der Waals surface area contributed by atoms with Crippen LogP contribution in [0.1, 0.15) is 82.7 Å². The molecule has 41 heavy (non-hydrogen) atoms. The monoisotopic (exact) mass is 611 g/mol. The SMILES string of the molecule is CC1=CCC(c2cc(C(C)(C)C)cc3c2[cH-]c2ccc(C(C)(C)C)cc23)=C1.[Zr]=[C](c1ccccc1)c1ccccc1. The van der Waals surface area contributed by atoms with E-state index in [0.717, 1.165) is 6.42 Å². The van der Waals surface area contributed by atoms with Crippen molar-refractivity contribution in [3.8, 4) is 0 Å². The summed E-state index contributed by atoms with van der Waals surface area (Å²) in [5.41, 5.74) is 10.0. The third-order valence-corrected chi connectivity index (χ3v) is 9.49. The second-order valence-electron chi connectivity index (χ2n) is 13.4. The van der Waals surface area contributed by atoms with Crippen molar-refractivity contribution in [3.63, 3.8) is 0 Å². The Balaban J connectivity index is 0.000000202. The number of benzene rings is 4. The Morgan fingerprint density at radius 2 is 1.24 bits per heavy atom. The van der Waals surface area contributed by atoms with Gasteiger partial charge in [0.1, 0.15) is 0 Å². The summed E-state index contributed by atoms with van der Waals surface area (Å²) in [6.07, 6.45) is 5.74. The van der Waals surface area contributed by atoms with E-state index >= 15 is 0 Å². The molecule has 1 aliphatic rings. The van der Waals surface area contributed by atoms with E-state index in [1.54, 1.807) is 0 Å². The first-order chi connectivity index (χ1) is 19.4. The molecule has 5 aromatic rings. The Morgan fingerprint density at radius 1 is 0.683 bits per heavy atom. The average Bonchev–Trinajstić information content (AvgIpc) is 3.55. The van der Waals surface area contributed by atoms with E-state index in [9.17, 15) is 0 Å². The fourth-order valence-corrected chi connectivity index (χ4v) is 6.31. The molecule has 0 aliphatic heterocycles. The molecule has 0 aromatic heterocycles. The van der Waals surface area contributed by atoms with Gasteiger partial charge in [-0.2, -0.15) is 0 Å². The summed E-state index contributed by atoms with van der Waals surface area (Å²) in [5, 5.41) is 5.56. The molecule has 206 valence electrons. The van der Waals surface area contributed by atoms with Gasteiger partial charge in [-0.1, -0.05) is 106 Å². The number of fused-ring (bicyclic) bond motifs is 3. The Kier molecular flexibility index (Phi) is 8.41. The number of rotatable bonds is 3. The zero-order valence-electron chi connectivity index (χ0n) is 25.6. The van der Waals surface area contributed by atoms with E-state index in [2.05, 4.69) is 158 Å². The van der Waals surface area contributed by atoms with Gasteiger partial charge < -0.3 is 0 Å². The van der Waals surface area contributed by atoms with Crippen molar-refractivity contribution in [2.45, 2.75) is 65.7 Å². The molecule has 0 saturated heterocycles. The molecule has 5 aromatic carbocycles. The molecule has 1 heteroatoms. The molecule has 1 aliphatic carbocycles. The van der Waals surface area contributed by atoms with Crippen LogP contribution in [0, 0.1) is 0 Å². The number of allylic oxidation sites excluding steroid dienone is 4. The molecule has 0 atom stereocenters. The fourth-order valence-electron chi connectivity index (χ4n) is 5.50. The summed E-state index contributed by atoms with van der Waals surface area (Å²) in [7, 11) is 0. The van der Waals surface area contributed by atoms with Gasteiger partial charge in [-0.25, -0.2) is 0 Å². The average molecular weight is 613 g/mol. The second kappa shape index (κ2) is 11.7. The van der Waals surface area contributed by atoms with Crippen molar-refractivity contribution in [3.05, 3.63) is 143 Å². The van der Waals surface area contributed by atoms with Gasteiger partial charge in [-0.15, -0.1) is 33.7 Å². The molecule has 0 heterocycles. The van der Waals surface area contributed by atoms with E-state index in [4.69, 9.17) is 0 Å². The van der Waals surface area contributed by atoms with Gasteiger partial charge in [0.05, 0.1) is 0 Å². The topological polar surface area (TPSA) is 0 Å². The third-order valence-electron chi connectivity index (χ3n) is 8.07. The second-order valence-corrected chi connectivity index (χ2v) is 14.6. The predicted octanol–water partition coefficient (Wildman–Crippen LogP) is 10.8. The molecular weight excluding hydrogens is 572 g/mol. The zero-order valence-corrected chi connectivity index (χ0v) is 28.1. The van der Waals surface area contributed by atoms with E-state index in [-0.39, 0.29) is 10.8 Å². The van der Waals surface area contributed by atoms with Crippen LogP contribution in [0.4, 0.5) is 0 Å². The Bertz CT molecular complexity index is 1720. The van der Waals surface area contributed by atoms with Crippen molar-refractivity contribution in [2.75, 3.05) is 0 Å². The fraction of sp³-hybridized carbons (Fsp3) is 0.250. The van der Waals surface area contributed by atoms with Gasteiger partial charge in [0.25, 0.3) is 0 Å². The standard InChI is InChI=1S/C27H31.C13H10.Zr/c1-17-8-9-18(12-17)23-15-21(27(5,6)7)16-25-22-14-20(26(2,3)4)11-10-19(22)13-24(23)25;1-3-7-12(8-4-1)11-13-9-5-2-6-10-13;/h8,10-16H,9H2,1-7H3;1-10H;/q-1;;. The Hall–Kier alpha value is -3.02. The van der Waals surface area contributed by atoms with Crippen LogP contribution >= 0.6 is 0 Å². The predicted molar refractivity (Wildman–Crippen MR) is 177 cm³/mol. The third kappa shape index (κ3) is 6.57. The van der Waals surface area contributed by atoms with Crippen molar-refractivity contribution < 1.29 is 24.2 Å². The van der Waals surface area contributed by atoms with E-state index < -0.39 is 0 Å². The van der Waals surface area contributed by atoms with Crippen LogP contribution in [0.3, 0.4) is 0 Å².